The third-order valence-corrected chi connectivity index (χ3v) is 3.26. The maximum absolute atomic E-state index is 12.1. The number of halogens is 1. The molecule has 6 heteroatoms. The second kappa shape index (κ2) is 7.04. The van der Waals surface area contributed by atoms with Crippen molar-refractivity contribution in [3.63, 3.8) is 0 Å². The minimum absolute atomic E-state index is 0.284. The second-order valence-electron chi connectivity index (χ2n) is 4.70. The Labute approximate surface area is 128 Å². The molecule has 2 aromatic rings. The van der Waals surface area contributed by atoms with Gasteiger partial charge in [0.2, 0.25) is 0 Å². The molecule has 2 N–H and O–H groups in total. The Bertz CT molecular complexity index is 615. The van der Waals surface area contributed by atoms with E-state index in [0.717, 1.165) is 6.42 Å². The van der Waals surface area contributed by atoms with Crippen LogP contribution < -0.4 is 10.6 Å². The summed E-state index contributed by atoms with van der Waals surface area (Å²) >= 11 is 5.81. The molecule has 0 aliphatic heterocycles. The lowest BCUT2D eigenvalue weighted by molar-refractivity contribution is 0.102. The Balaban J connectivity index is 2.08. The number of hydrogen-bond donors (Lipinski definition) is 2. The van der Waals surface area contributed by atoms with Gasteiger partial charge in [-0.15, -0.1) is 0 Å². The molecule has 0 spiro atoms. The van der Waals surface area contributed by atoms with Crippen LogP contribution in [0.2, 0.25) is 5.02 Å². The smallest absolute Gasteiger partial charge is 0.274 e. The van der Waals surface area contributed by atoms with Crippen molar-refractivity contribution in [3.8, 4) is 0 Å². The summed E-state index contributed by atoms with van der Waals surface area (Å²) in [5.41, 5.74) is 0.977. The van der Waals surface area contributed by atoms with Gasteiger partial charge in [-0.05, 0) is 37.6 Å². The van der Waals surface area contributed by atoms with Crippen LogP contribution in [0.4, 0.5) is 11.5 Å². The molecule has 1 aromatic carbocycles. The van der Waals surface area contributed by atoms with Crippen molar-refractivity contribution in [3.05, 3.63) is 47.4 Å². The average Bonchev–Trinajstić information content (AvgIpc) is 2.49. The molecule has 1 unspecified atom stereocenters. The van der Waals surface area contributed by atoms with E-state index < -0.39 is 0 Å². The normalized spacial score (nSPS) is 11.8. The van der Waals surface area contributed by atoms with Crippen molar-refractivity contribution >= 4 is 29.0 Å². The van der Waals surface area contributed by atoms with Gasteiger partial charge < -0.3 is 10.6 Å². The molecule has 1 heterocycles. The Morgan fingerprint density at radius 2 is 2.00 bits per heavy atom. The molecular weight excluding hydrogens is 288 g/mol. The summed E-state index contributed by atoms with van der Waals surface area (Å²) in [5, 5.41) is 6.59. The predicted octanol–water partition coefficient (Wildman–Crippen LogP) is 3.59. The molecule has 0 fully saturated rings. The highest BCUT2D eigenvalue weighted by molar-refractivity contribution is 6.30. The monoisotopic (exact) mass is 304 g/mol. The standard InChI is InChI=1S/C15H17ClN4O/c1-3-10(2)19-14-8-13(17-9-18-14)15(21)20-12-6-4-11(16)5-7-12/h4-10H,3H2,1-2H3,(H,20,21)(H,17,18,19). The molecule has 0 saturated carbocycles. The maximum atomic E-state index is 12.1. The summed E-state index contributed by atoms with van der Waals surface area (Å²) in [6.07, 6.45) is 2.35. The highest BCUT2D eigenvalue weighted by Crippen LogP contribution is 2.15. The average molecular weight is 305 g/mol. The van der Waals surface area contributed by atoms with Crippen LogP contribution in [0.1, 0.15) is 30.8 Å². The van der Waals surface area contributed by atoms with Crippen LogP contribution in [0.3, 0.4) is 0 Å². The highest BCUT2D eigenvalue weighted by Gasteiger charge is 2.10. The van der Waals surface area contributed by atoms with E-state index in [1.807, 2.05) is 0 Å². The van der Waals surface area contributed by atoms with E-state index in [0.29, 0.717) is 22.2 Å². The summed E-state index contributed by atoms with van der Waals surface area (Å²) in [4.78, 5) is 20.3. The number of aromatic nitrogens is 2. The van der Waals surface area contributed by atoms with E-state index >= 15 is 0 Å². The van der Waals surface area contributed by atoms with E-state index in [-0.39, 0.29) is 11.9 Å². The van der Waals surface area contributed by atoms with Crippen LogP contribution in [0, 0.1) is 0 Å². The number of rotatable bonds is 5. The van der Waals surface area contributed by atoms with Gasteiger partial charge in [0, 0.05) is 22.8 Å². The molecule has 21 heavy (non-hydrogen) atoms. The summed E-state index contributed by atoms with van der Waals surface area (Å²) in [7, 11) is 0. The highest BCUT2D eigenvalue weighted by atomic mass is 35.5. The SMILES string of the molecule is CCC(C)Nc1cc(C(=O)Nc2ccc(Cl)cc2)ncn1. The second-order valence-corrected chi connectivity index (χ2v) is 5.14. The number of benzene rings is 1. The first-order valence-electron chi connectivity index (χ1n) is 6.74. The van der Waals surface area contributed by atoms with Crippen molar-refractivity contribution in [1.29, 1.82) is 0 Å². The topological polar surface area (TPSA) is 66.9 Å². The third-order valence-electron chi connectivity index (χ3n) is 3.01. The fraction of sp³-hybridized carbons (Fsp3) is 0.267. The van der Waals surface area contributed by atoms with E-state index in [1.54, 1.807) is 30.3 Å². The van der Waals surface area contributed by atoms with Gasteiger partial charge in [0.05, 0.1) is 0 Å². The van der Waals surface area contributed by atoms with E-state index in [9.17, 15) is 4.79 Å². The number of nitrogens with zero attached hydrogens (tertiary/aromatic N) is 2. The molecule has 0 bridgehead atoms. The van der Waals surface area contributed by atoms with Gasteiger partial charge in [-0.2, -0.15) is 0 Å². The molecule has 1 amide bonds. The van der Waals surface area contributed by atoms with Crippen molar-refractivity contribution in [2.24, 2.45) is 0 Å². The van der Waals surface area contributed by atoms with Gasteiger partial charge in [0.15, 0.2) is 0 Å². The van der Waals surface area contributed by atoms with E-state index in [2.05, 4.69) is 34.4 Å². The van der Waals surface area contributed by atoms with Crippen LogP contribution in [0.15, 0.2) is 36.7 Å². The molecule has 0 aliphatic rings. The Kier molecular flexibility index (Phi) is 5.11. The first-order valence-corrected chi connectivity index (χ1v) is 7.11. The largest absolute Gasteiger partial charge is 0.368 e. The van der Waals surface area contributed by atoms with Crippen molar-refractivity contribution < 1.29 is 4.79 Å². The first-order chi connectivity index (χ1) is 10.1. The van der Waals surface area contributed by atoms with Gasteiger partial charge in [-0.3, -0.25) is 4.79 Å². The summed E-state index contributed by atoms with van der Waals surface area (Å²) in [6.45, 7) is 4.13. The molecular formula is C15H17ClN4O. The number of hydrogen-bond acceptors (Lipinski definition) is 4. The van der Waals surface area contributed by atoms with E-state index in [4.69, 9.17) is 11.6 Å². The predicted molar refractivity (Wildman–Crippen MR) is 84.8 cm³/mol. The quantitative estimate of drug-likeness (QED) is 0.886. The minimum Gasteiger partial charge on any atom is -0.368 e. The maximum Gasteiger partial charge on any atom is 0.274 e. The van der Waals surface area contributed by atoms with Gasteiger partial charge >= 0.3 is 0 Å². The number of anilines is 2. The molecule has 1 atom stereocenters. The molecule has 2 rings (SSSR count). The van der Waals surface area contributed by atoms with Gasteiger partial charge in [-0.25, -0.2) is 9.97 Å². The summed E-state index contributed by atoms with van der Waals surface area (Å²) < 4.78 is 0. The van der Waals surface area contributed by atoms with Crippen LogP contribution in [-0.2, 0) is 0 Å². The lowest BCUT2D eigenvalue weighted by Gasteiger charge is -2.12. The van der Waals surface area contributed by atoms with Crippen LogP contribution in [-0.4, -0.2) is 21.9 Å². The zero-order valence-corrected chi connectivity index (χ0v) is 12.7. The van der Waals surface area contributed by atoms with Crippen LogP contribution >= 0.6 is 11.6 Å². The fourth-order valence-corrected chi connectivity index (χ4v) is 1.77. The minimum atomic E-state index is -0.285. The third kappa shape index (κ3) is 4.43. The Morgan fingerprint density at radius 3 is 2.67 bits per heavy atom. The Morgan fingerprint density at radius 1 is 1.29 bits per heavy atom. The van der Waals surface area contributed by atoms with Crippen LogP contribution in [0.25, 0.3) is 0 Å². The van der Waals surface area contributed by atoms with Crippen molar-refractivity contribution in [1.82, 2.24) is 9.97 Å². The fourth-order valence-electron chi connectivity index (χ4n) is 1.64. The number of carbonyl (C=O) groups is 1. The van der Waals surface area contributed by atoms with Crippen LogP contribution in [0.5, 0.6) is 0 Å². The number of amides is 1. The summed E-state index contributed by atoms with van der Waals surface area (Å²) in [6, 6.07) is 8.82. The molecule has 0 saturated heterocycles. The van der Waals surface area contributed by atoms with Crippen molar-refractivity contribution in [2.45, 2.75) is 26.3 Å². The molecule has 0 radical (unpaired) electrons. The lowest BCUT2D eigenvalue weighted by atomic mass is 10.2. The Hall–Kier alpha value is -2.14. The van der Waals surface area contributed by atoms with Gasteiger partial charge in [0.1, 0.15) is 17.8 Å². The van der Waals surface area contributed by atoms with Gasteiger partial charge in [-0.1, -0.05) is 18.5 Å². The number of nitrogens with one attached hydrogen (secondary N) is 2. The summed E-state index contributed by atoms with van der Waals surface area (Å²) in [5.74, 6) is 0.354. The molecule has 1 aromatic heterocycles. The van der Waals surface area contributed by atoms with Crippen molar-refractivity contribution in [2.75, 3.05) is 10.6 Å². The zero-order valence-electron chi connectivity index (χ0n) is 11.9. The lowest BCUT2D eigenvalue weighted by Crippen LogP contribution is -2.17. The molecule has 0 aliphatic carbocycles. The number of carbonyl (C=O) groups excluding carboxylic acids is 1. The van der Waals surface area contributed by atoms with Gasteiger partial charge in [0.25, 0.3) is 5.91 Å². The van der Waals surface area contributed by atoms with E-state index in [1.165, 1.54) is 6.33 Å². The molecule has 110 valence electrons. The molecule has 5 nitrogen and oxygen atoms in total. The zero-order chi connectivity index (χ0) is 15.2. The first kappa shape index (κ1) is 15.3.